The van der Waals surface area contributed by atoms with Crippen molar-refractivity contribution in [2.24, 2.45) is 4.99 Å². The highest BCUT2D eigenvalue weighted by Crippen LogP contribution is 2.24. The van der Waals surface area contributed by atoms with Crippen LogP contribution in [0.2, 0.25) is 5.02 Å². The summed E-state index contributed by atoms with van der Waals surface area (Å²) in [4.78, 5) is 8.87. The van der Waals surface area contributed by atoms with Crippen molar-refractivity contribution < 1.29 is 9.47 Å². The number of benzene rings is 1. The third-order valence-electron chi connectivity index (χ3n) is 4.82. The molecule has 2 unspecified atom stereocenters. The lowest BCUT2D eigenvalue weighted by molar-refractivity contribution is 0.177. The number of methoxy groups -OCH3 is 1. The van der Waals surface area contributed by atoms with Gasteiger partial charge in [0.15, 0.2) is 11.8 Å². The van der Waals surface area contributed by atoms with Gasteiger partial charge in [-0.05, 0) is 25.0 Å². The number of aliphatic imine (C=N–C) groups is 1. The van der Waals surface area contributed by atoms with Gasteiger partial charge in [-0.2, -0.15) is 5.10 Å². The van der Waals surface area contributed by atoms with Crippen LogP contribution in [0.5, 0.6) is 5.75 Å². The Hall–Kier alpha value is -2.32. The molecule has 0 radical (unpaired) electrons. The van der Waals surface area contributed by atoms with Crippen LogP contribution in [0.1, 0.15) is 31.4 Å². The van der Waals surface area contributed by atoms with Crippen LogP contribution in [0, 0.1) is 0 Å². The number of hydrogen-bond donors (Lipinski definition) is 2. The quantitative estimate of drug-likeness (QED) is 0.504. The molecule has 0 saturated heterocycles. The molecule has 0 fully saturated rings. The Labute approximate surface area is 176 Å². The smallest absolute Gasteiger partial charge is 0.191 e. The van der Waals surface area contributed by atoms with Gasteiger partial charge in [0, 0.05) is 26.6 Å². The number of nitrogens with zero attached hydrogens (tertiary/aromatic N) is 4. The Morgan fingerprint density at radius 1 is 1.41 bits per heavy atom. The topological polar surface area (TPSA) is 85.6 Å². The molecule has 0 bridgehead atoms. The summed E-state index contributed by atoms with van der Waals surface area (Å²) < 4.78 is 13.1. The van der Waals surface area contributed by atoms with Gasteiger partial charge in [-0.25, -0.2) is 9.67 Å². The predicted octanol–water partition coefficient (Wildman–Crippen LogP) is 2.42. The Kier molecular flexibility index (Phi) is 7.71. The van der Waals surface area contributed by atoms with E-state index in [4.69, 9.17) is 21.1 Å². The van der Waals surface area contributed by atoms with Gasteiger partial charge < -0.3 is 20.1 Å². The summed E-state index contributed by atoms with van der Waals surface area (Å²) in [7, 11) is 3.42. The minimum absolute atomic E-state index is 0.0154. The molecule has 9 heteroatoms. The van der Waals surface area contributed by atoms with Gasteiger partial charge in [0.05, 0.1) is 18.1 Å². The molecular weight excluding hydrogens is 392 g/mol. The number of para-hydroxylation sites is 1. The average molecular weight is 421 g/mol. The van der Waals surface area contributed by atoms with E-state index < -0.39 is 0 Å². The van der Waals surface area contributed by atoms with Crippen molar-refractivity contribution in [1.29, 1.82) is 0 Å². The predicted molar refractivity (Wildman–Crippen MR) is 114 cm³/mol. The molecule has 1 aromatic heterocycles. The maximum absolute atomic E-state index is 6.20. The summed E-state index contributed by atoms with van der Waals surface area (Å²) in [6, 6.07) is 7.75. The van der Waals surface area contributed by atoms with Crippen LogP contribution in [0.25, 0.3) is 0 Å². The molecule has 158 valence electrons. The van der Waals surface area contributed by atoms with Crippen LogP contribution >= 0.6 is 11.6 Å². The van der Waals surface area contributed by atoms with Gasteiger partial charge >= 0.3 is 0 Å². The maximum atomic E-state index is 6.20. The molecular formula is C20H29ClN6O2. The molecule has 2 heterocycles. The zero-order valence-electron chi connectivity index (χ0n) is 17.2. The molecule has 8 nitrogen and oxygen atoms in total. The number of guanidine groups is 1. The third-order valence-corrected chi connectivity index (χ3v) is 5.13. The average Bonchev–Trinajstić information content (AvgIpc) is 3.13. The van der Waals surface area contributed by atoms with Crippen molar-refractivity contribution in [3.8, 4) is 5.75 Å². The molecule has 0 spiro atoms. The second-order valence-corrected chi connectivity index (χ2v) is 7.38. The van der Waals surface area contributed by atoms with Crippen molar-refractivity contribution in [2.75, 3.05) is 20.7 Å². The fraction of sp³-hybridized carbons (Fsp3) is 0.550. The van der Waals surface area contributed by atoms with Gasteiger partial charge in [0.1, 0.15) is 24.3 Å². The van der Waals surface area contributed by atoms with Crippen LogP contribution in [-0.4, -0.2) is 53.6 Å². The first-order chi connectivity index (χ1) is 14.1. The van der Waals surface area contributed by atoms with Crippen molar-refractivity contribution in [3.05, 3.63) is 40.9 Å². The number of halogens is 1. The maximum Gasteiger partial charge on any atom is 0.191 e. The molecule has 1 aliphatic rings. The molecule has 1 aromatic carbocycles. The zero-order valence-corrected chi connectivity index (χ0v) is 17.9. The summed E-state index contributed by atoms with van der Waals surface area (Å²) in [5.74, 6) is 3.19. The molecule has 2 N–H and O–H groups in total. The van der Waals surface area contributed by atoms with Crippen molar-refractivity contribution >= 4 is 17.6 Å². The first kappa shape index (κ1) is 21.4. The lowest BCUT2D eigenvalue weighted by Gasteiger charge is -2.26. The lowest BCUT2D eigenvalue weighted by atomic mass is 10.1. The number of aryl methyl sites for hydroxylation is 1. The molecule has 0 amide bonds. The minimum Gasteiger partial charge on any atom is -0.487 e. The number of aromatic nitrogens is 3. The highest BCUT2D eigenvalue weighted by Gasteiger charge is 2.22. The number of ether oxygens (including phenoxy) is 2. The van der Waals surface area contributed by atoms with E-state index in [2.05, 4.69) is 32.6 Å². The summed E-state index contributed by atoms with van der Waals surface area (Å²) in [5.41, 5.74) is 0. The summed E-state index contributed by atoms with van der Waals surface area (Å²) in [5, 5.41) is 12.0. The number of nitrogens with one attached hydrogen (secondary N) is 2. The second-order valence-electron chi connectivity index (χ2n) is 6.97. The summed E-state index contributed by atoms with van der Waals surface area (Å²) in [6.45, 7) is 3.90. The largest absolute Gasteiger partial charge is 0.487 e. The normalized spacial score (nSPS) is 17.5. The molecule has 0 saturated carbocycles. The van der Waals surface area contributed by atoms with Crippen molar-refractivity contribution in [3.63, 3.8) is 0 Å². The van der Waals surface area contributed by atoms with Gasteiger partial charge in [0.25, 0.3) is 0 Å². The standard InChI is InChI=1S/C20H29ClN6O2/c1-4-15(29-17-8-6-5-7-16(17)21)11-23-20(22-2)24-14-9-10-19-25-18(13-28-3)26-27(19)12-14/h5-8,14-15H,4,9-13H2,1-3H3,(H2,22,23,24). The van der Waals surface area contributed by atoms with E-state index in [0.717, 1.165) is 43.4 Å². The zero-order chi connectivity index (χ0) is 20.6. The van der Waals surface area contributed by atoms with Crippen LogP contribution in [0.3, 0.4) is 0 Å². The first-order valence-electron chi connectivity index (χ1n) is 9.92. The highest BCUT2D eigenvalue weighted by molar-refractivity contribution is 6.32. The Morgan fingerprint density at radius 3 is 2.97 bits per heavy atom. The van der Waals surface area contributed by atoms with Crippen LogP contribution in [0.15, 0.2) is 29.3 Å². The molecule has 1 aliphatic heterocycles. The summed E-state index contributed by atoms with van der Waals surface area (Å²) >= 11 is 6.20. The lowest BCUT2D eigenvalue weighted by Crippen LogP contribution is -2.49. The van der Waals surface area contributed by atoms with E-state index in [0.29, 0.717) is 23.9 Å². The van der Waals surface area contributed by atoms with E-state index in [-0.39, 0.29) is 12.1 Å². The monoisotopic (exact) mass is 420 g/mol. The highest BCUT2D eigenvalue weighted by atomic mass is 35.5. The molecule has 0 aliphatic carbocycles. The van der Waals surface area contributed by atoms with Crippen LogP contribution in [0.4, 0.5) is 0 Å². The molecule has 29 heavy (non-hydrogen) atoms. The van der Waals surface area contributed by atoms with E-state index in [1.807, 2.05) is 28.9 Å². The number of fused-ring (bicyclic) bond motifs is 1. The fourth-order valence-corrected chi connectivity index (χ4v) is 3.44. The van der Waals surface area contributed by atoms with E-state index in [1.165, 1.54) is 0 Å². The minimum atomic E-state index is -0.0154. The van der Waals surface area contributed by atoms with Crippen LogP contribution in [-0.2, 0) is 24.3 Å². The Bertz CT molecular complexity index is 825. The van der Waals surface area contributed by atoms with Gasteiger partial charge in [0.2, 0.25) is 0 Å². The van der Waals surface area contributed by atoms with E-state index >= 15 is 0 Å². The van der Waals surface area contributed by atoms with Gasteiger partial charge in [-0.15, -0.1) is 0 Å². The number of hydrogen-bond acceptors (Lipinski definition) is 5. The Balaban J connectivity index is 1.51. The first-order valence-corrected chi connectivity index (χ1v) is 10.3. The van der Waals surface area contributed by atoms with Crippen molar-refractivity contribution in [2.45, 2.75) is 51.5 Å². The molecule has 2 aromatic rings. The van der Waals surface area contributed by atoms with Gasteiger partial charge in [-0.3, -0.25) is 4.99 Å². The van der Waals surface area contributed by atoms with Gasteiger partial charge in [-0.1, -0.05) is 30.7 Å². The molecule has 2 atom stereocenters. The second kappa shape index (κ2) is 10.5. The van der Waals surface area contributed by atoms with E-state index in [1.54, 1.807) is 14.2 Å². The fourth-order valence-electron chi connectivity index (χ4n) is 3.26. The SMILES string of the molecule is CCC(CNC(=NC)NC1CCc2nc(COC)nn2C1)Oc1ccccc1Cl. The van der Waals surface area contributed by atoms with Crippen LogP contribution < -0.4 is 15.4 Å². The number of rotatable bonds is 8. The third kappa shape index (κ3) is 5.83. The van der Waals surface area contributed by atoms with E-state index in [9.17, 15) is 0 Å². The Morgan fingerprint density at radius 2 is 2.24 bits per heavy atom. The molecule has 3 rings (SSSR count). The summed E-state index contributed by atoms with van der Waals surface area (Å²) in [6.07, 6.45) is 2.68. The van der Waals surface area contributed by atoms with Crippen molar-refractivity contribution in [1.82, 2.24) is 25.4 Å².